The summed E-state index contributed by atoms with van der Waals surface area (Å²) in [7, 11) is 0. The Balaban J connectivity index is 1.56. The van der Waals surface area contributed by atoms with Crippen molar-refractivity contribution in [3.8, 4) is 0 Å². The van der Waals surface area contributed by atoms with Crippen LogP contribution in [-0.4, -0.2) is 29.3 Å². The van der Waals surface area contributed by atoms with Crippen LogP contribution in [0.1, 0.15) is 43.2 Å². The Morgan fingerprint density at radius 2 is 2.23 bits per heavy atom. The molecule has 0 spiro atoms. The maximum atomic E-state index is 13.4. The third kappa shape index (κ3) is 4.30. The standard InChI is InChI=1S/C23H26N2O5S/c1-2-29-22(28)23-9-3-8-19(23)25(15-17-6-4-10-30-17)21(27)16(13-23)12-20(26)24-14-18-7-5-11-31-18/h4-8,10-11,16H,2-3,9,12-15H2,1H3,(H,24,26)/t16-,23+/m1/s1. The largest absolute Gasteiger partial charge is 0.467 e. The molecule has 0 radical (unpaired) electrons. The van der Waals surface area contributed by atoms with Crippen molar-refractivity contribution in [2.24, 2.45) is 11.3 Å². The summed E-state index contributed by atoms with van der Waals surface area (Å²) in [5.74, 6) is -0.649. The van der Waals surface area contributed by atoms with Crippen molar-refractivity contribution in [2.45, 2.75) is 45.7 Å². The van der Waals surface area contributed by atoms with E-state index in [1.807, 2.05) is 23.6 Å². The van der Waals surface area contributed by atoms with Crippen LogP contribution >= 0.6 is 11.3 Å². The molecule has 0 bridgehead atoms. The molecule has 31 heavy (non-hydrogen) atoms. The van der Waals surface area contributed by atoms with Gasteiger partial charge in [0.1, 0.15) is 11.2 Å². The van der Waals surface area contributed by atoms with Crippen LogP contribution in [0.5, 0.6) is 0 Å². The Labute approximate surface area is 185 Å². The lowest BCUT2D eigenvalue weighted by Gasteiger charge is -2.43. The number of ether oxygens (including phenoxy) is 1. The van der Waals surface area contributed by atoms with Crippen LogP contribution < -0.4 is 5.32 Å². The number of thiophene rings is 1. The van der Waals surface area contributed by atoms with Gasteiger partial charge in [-0.25, -0.2) is 0 Å². The normalized spacial score (nSPS) is 22.7. The van der Waals surface area contributed by atoms with E-state index in [0.717, 1.165) is 4.88 Å². The van der Waals surface area contributed by atoms with E-state index >= 15 is 0 Å². The molecule has 0 saturated carbocycles. The molecule has 2 aromatic heterocycles. The number of furan rings is 1. The monoisotopic (exact) mass is 442 g/mol. The van der Waals surface area contributed by atoms with E-state index in [1.165, 1.54) is 0 Å². The first-order valence-corrected chi connectivity index (χ1v) is 11.4. The average Bonchev–Trinajstić information content (AvgIpc) is 3.52. The maximum absolute atomic E-state index is 13.4. The first kappa shape index (κ1) is 21.4. The van der Waals surface area contributed by atoms with Crippen LogP contribution in [0, 0.1) is 11.3 Å². The number of fused-ring (bicyclic) bond motifs is 1. The highest BCUT2D eigenvalue weighted by Gasteiger charge is 2.55. The summed E-state index contributed by atoms with van der Waals surface area (Å²) in [6.45, 7) is 2.71. The summed E-state index contributed by atoms with van der Waals surface area (Å²) in [4.78, 5) is 41.7. The van der Waals surface area contributed by atoms with Gasteiger partial charge >= 0.3 is 5.97 Å². The first-order valence-electron chi connectivity index (χ1n) is 10.5. The quantitative estimate of drug-likeness (QED) is 0.631. The molecule has 1 aliphatic heterocycles. The third-order valence-electron chi connectivity index (χ3n) is 5.93. The Kier molecular flexibility index (Phi) is 6.27. The highest BCUT2D eigenvalue weighted by molar-refractivity contribution is 7.09. The molecule has 2 amide bonds. The van der Waals surface area contributed by atoms with E-state index in [1.54, 1.807) is 41.6 Å². The second-order valence-electron chi connectivity index (χ2n) is 7.90. The van der Waals surface area contributed by atoms with Gasteiger partial charge in [0.15, 0.2) is 0 Å². The molecule has 1 saturated heterocycles. The number of rotatable bonds is 8. The zero-order valence-electron chi connectivity index (χ0n) is 17.5. The number of hydrogen-bond donors (Lipinski definition) is 1. The fraction of sp³-hybridized carbons (Fsp3) is 0.435. The van der Waals surface area contributed by atoms with Gasteiger partial charge < -0.3 is 19.4 Å². The van der Waals surface area contributed by atoms with Gasteiger partial charge in [-0.1, -0.05) is 12.1 Å². The van der Waals surface area contributed by atoms with E-state index in [9.17, 15) is 14.4 Å². The van der Waals surface area contributed by atoms with Gasteiger partial charge in [0.2, 0.25) is 11.8 Å². The molecule has 1 N–H and O–H groups in total. The van der Waals surface area contributed by atoms with E-state index in [2.05, 4.69) is 5.32 Å². The van der Waals surface area contributed by atoms with E-state index < -0.39 is 11.3 Å². The number of nitrogens with one attached hydrogen (secondary N) is 1. The molecule has 2 atom stereocenters. The minimum Gasteiger partial charge on any atom is -0.467 e. The molecule has 0 unspecified atom stereocenters. The fourth-order valence-electron chi connectivity index (χ4n) is 4.54. The van der Waals surface area contributed by atoms with Crippen LogP contribution in [-0.2, 0) is 32.2 Å². The van der Waals surface area contributed by atoms with Gasteiger partial charge in [0, 0.05) is 22.9 Å². The van der Waals surface area contributed by atoms with Crippen LogP contribution in [0.15, 0.2) is 52.1 Å². The van der Waals surface area contributed by atoms with Crippen molar-refractivity contribution in [1.29, 1.82) is 0 Å². The number of hydrogen-bond acceptors (Lipinski definition) is 6. The summed E-state index contributed by atoms with van der Waals surface area (Å²) in [5.41, 5.74) is -0.211. The van der Waals surface area contributed by atoms with E-state index in [-0.39, 0.29) is 43.8 Å². The Morgan fingerprint density at radius 1 is 1.35 bits per heavy atom. The average molecular weight is 443 g/mol. The van der Waals surface area contributed by atoms with Crippen LogP contribution in [0.2, 0.25) is 0 Å². The molecule has 0 aromatic carbocycles. The van der Waals surface area contributed by atoms with Gasteiger partial charge in [-0.2, -0.15) is 0 Å². The van der Waals surface area contributed by atoms with E-state index in [0.29, 0.717) is 30.8 Å². The van der Waals surface area contributed by atoms with Crippen molar-refractivity contribution < 1.29 is 23.5 Å². The number of esters is 1. The second-order valence-corrected chi connectivity index (χ2v) is 8.93. The fourth-order valence-corrected chi connectivity index (χ4v) is 5.18. The number of nitrogens with zero attached hydrogens (tertiary/aromatic N) is 1. The smallest absolute Gasteiger partial charge is 0.318 e. The van der Waals surface area contributed by atoms with Gasteiger partial charge in [0.05, 0.1) is 26.0 Å². The minimum absolute atomic E-state index is 0.0350. The summed E-state index contributed by atoms with van der Waals surface area (Å²) in [6.07, 6.45) is 5.10. The summed E-state index contributed by atoms with van der Waals surface area (Å²) in [5, 5.41) is 4.85. The van der Waals surface area contributed by atoms with Crippen LogP contribution in [0.25, 0.3) is 0 Å². The number of carbonyl (C=O) groups excluding carboxylic acids is 3. The van der Waals surface area contributed by atoms with Crippen molar-refractivity contribution in [3.05, 3.63) is 58.3 Å². The molecule has 164 valence electrons. The lowest BCUT2D eigenvalue weighted by Crippen LogP contribution is -2.51. The highest BCUT2D eigenvalue weighted by atomic mass is 32.1. The zero-order chi connectivity index (χ0) is 21.8. The number of amides is 2. The topological polar surface area (TPSA) is 88.8 Å². The predicted molar refractivity (Wildman–Crippen MR) is 115 cm³/mol. The lowest BCUT2D eigenvalue weighted by atomic mass is 9.71. The van der Waals surface area contributed by atoms with Gasteiger partial charge in [-0.3, -0.25) is 14.4 Å². The molecule has 4 rings (SSSR count). The zero-order valence-corrected chi connectivity index (χ0v) is 18.3. The van der Waals surface area contributed by atoms with E-state index in [4.69, 9.17) is 9.15 Å². The summed E-state index contributed by atoms with van der Waals surface area (Å²) < 4.78 is 10.9. The highest BCUT2D eigenvalue weighted by Crippen LogP contribution is 2.51. The molecule has 3 heterocycles. The molecule has 1 fully saturated rings. The molecule has 8 heteroatoms. The molecular formula is C23H26N2O5S. The Morgan fingerprint density at radius 3 is 2.94 bits per heavy atom. The number of likely N-dealkylation sites (tertiary alicyclic amines) is 1. The first-order chi connectivity index (χ1) is 15.0. The van der Waals surface area contributed by atoms with Gasteiger partial charge in [-0.05, 0) is 49.8 Å². The number of piperidine rings is 1. The van der Waals surface area contributed by atoms with Crippen LogP contribution in [0.3, 0.4) is 0 Å². The summed E-state index contributed by atoms with van der Waals surface area (Å²) >= 11 is 1.57. The van der Waals surface area contributed by atoms with Crippen molar-refractivity contribution in [1.82, 2.24) is 10.2 Å². The molecule has 2 aromatic rings. The predicted octanol–water partition coefficient (Wildman–Crippen LogP) is 3.62. The Hall–Kier alpha value is -2.87. The Bertz CT molecular complexity index is 966. The van der Waals surface area contributed by atoms with Crippen molar-refractivity contribution >= 4 is 29.1 Å². The number of carbonyl (C=O) groups is 3. The van der Waals surface area contributed by atoms with Crippen LogP contribution in [0.4, 0.5) is 0 Å². The molecular weight excluding hydrogens is 416 g/mol. The lowest BCUT2D eigenvalue weighted by molar-refractivity contribution is -0.161. The third-order valence-corrected chi connectivity index (χ3v) is 6.81. The second kappa shape index (κ2) is 9.09. The SMILES string of the molecule is CCOC(=O)[C@]12CCC=C1N(Cc1ccco1)C(=O)[C@H](CC(=O)NCc1cccs1)C2. The van der Waals surface area contributed by atoms with Gasteiger partial charge in [0.25, 0.3) is 0 Å². The minimum atomic E-state index is -0.894. The van der Waals surface area contributed by atoms with Crippen molar-refractivity contribution in [2.75, 3.05) is 6.61 Å². The molecule has 7 nitrogen and oxygen atoms in total. The maximum Gasteiger partial charge on any atom is 0.318 e. The summed E-state index contributed by atoms with van der Waals surface area (Å²) in [6, 6.07) is 7.45. The van der Waals surface area contributed by atoms with Crippen molar-refractivity contribution in [3.63, 3.8) is 0 Å². The number of allylic oxidation sites excluding steroid dienone is 1. The molecule has 1 aliphatic carbocycles. The molecule has 2 aliphatic rings. The van der Waals surface area contributed by atoms with Gasteiger partial charge in [-0.15, -0.1) is 11.3 Å².